The Bertz CT molecular complexity index is 486. The topological polar surface area (TPSA) is 93.5 Å². The fourth-order valence-corrected chi connectivity index (χ4v) is 1.62. The molecule has 6 nitrogen and oxygen atoms in total. The third-order valence-corrected chi connectivity index (χ3v) is 2.75. The average molecular weight is 265 g/mol. The number of amides is 1. The molecule has 1 amide bonds. The van der Waals surface area contributed by atoms with Gasteiger partial charge in [-0.1, -0.05) is 0 Å². The van der Waals surface area contributed by atoms with E-state index in [1.807, 2.05) is 13.0 Å². The van der Waals surface area contributed by atoms with Gasteiger partial charge in [-0.2, -0.15) is 0 Å². The normalized spacial score (nSPS) is 9.84. The number of ether oxygens (including phenoxy) is 1. The molecule has 0 aromatic heterocycles. The lowest BCUT2D eigenvalue weighted by Crippen LogP contribution is -2.21. The summed E-state index contributed by atoms with van der Waals surface area (Å²) in [6.07, 6.45) is 0.355. The number of nitrogen functional groups attached to an aromatic ring is 1. The van der Waals surface area contributed by atoms with E-state index >= 15 is 0 Å². The fourth-order valence-electron chi connectivity index (χ4n) is 1.62. The molecular formula is C13H19N3O3. The second-order valence-corrected chi connectivity index (χ2v) is 4.10. The first-order valence-corrected chi connectivity index (χ1v) is 5.92. The molecule has 0 unspecified atom stereocenters. The largest absolute Gasteiger partial charge is 0.465 e. The summed E-state index contributed by atoms with van der Waals surface area (Å²) in [7, 11) is 2.90. The van der Waals surface area contributed by atoms with E-state index in [2.05, 4.69) is 15.4 Å². The van der Waals surface area contributed by atoms with Crippen LogP contribution in [0.25, 0.3) is 0 Å². The summed E-state index contributed by atoms with van der Waals surface area (Å²) >= 11 is 0. The Morgan fingerprint density at radius 2 is 2.05 bits per heavy atom. The first kappa shape index (κ1) is 14.8. The van der Waals surface area contributed by atoms with Gasteiger partial charge >= 0.3 is 5.97 Å². The minimum absolute atomic E-state index is 0.0483. The number of rotatable bonds is 5. The van der Waals surface area contributed by atoms with Crippen molar-refractivity contribution >= 4 is 23.3 Å². The number of anilines is 2. The van der Waals surface area contributed by atoms with Crippen molar-refractivity contribution < 1.29 is 14.3 Å². The fraction of sp³-hybridized carbons (Fsp3) is 0.385. The van der Waals surface area contributed by atoms with Crippen molar-refractivity contribution in [3.8, 4) is 0 Å². The third kappa shape index (κ3) is 3.87. The molecule has 104 valence electrons. The summed E-state index contributed by atoms with van der Waals surface area (Å²) in [5.41, 5.74) is 8.08. The van der Waals surface area contributed by atoms with Gasteiger partial charge in [0.2, 0.25) is 5.91 Å². The maximum atomic E-state index is 11.6. The molecule has 0 spiro atoms. The predicted octanol–water partition coefficient (Wildman–Crippen LogP) is 0.912. The van der Waals surface area contributed by atoms with Crippen LogP contribution in [0.3, 0.4) is 0 Å². The lowest BCUT2D eigenvalue weighted by atomic mass is 10.1. The van der Waals surface area contributed by atoms with Gasteiger partial charge in [-0.25, -0.2) is 4.79 Å². The van der Waals surface area contributed by atoms with Crippen LogP contribution in [0, 0.1) is 6.92 Å². The smallest absolute Gasteiger partial charge is 0.340 e. The van der Waals surface area contributed by atoms with Crippen molar-refractivity contribution in [1.82, 2.24) is 5.32 Å². The maximum Gasteiger partial charge on any atom is 0.340 e. The first-order valence-electron chi connectivity index (χ1n) is 5.92. The van der Waals surface area contributed by atoms with Crippen molar-refractivity contribution in [3.63, 3.8) is 0 Å². The minimum atomic E-state index is -0.476. The maximum absolute atomic E-state index is 11.6. The number of methoxy groups -OCH3 is 1. The van der Waals surface area contributed by atoms with Gasteiger partial charge < -0.3 is 21.1 Å². The van der Waals surface area contributed by atoms with Crippen molar-refractivity contribution in [2.45, 2.75) is 13.3 Å². The Kier molecular flexibility index (Phi) is 5.17. The van der Waals surface area contributed by atoms with Crippen LogP contribution in [0.2, 0.25) is 0 Å². The number of nitrogens with one attached hydrogen (secondary N) is 2. The Labute approximate surface area is 112 Å². The molecule has 0 atom stereocenters. The number of hydrogen-bond donors (Lipinski definition) is 3. The van der Waals surface area contributed by atoms with Crippen LogP contribution in [-0.4, -0.2) is 32.6 Å². The van der Waals surface area contributed by atoms with Crippen LogP contribution in [0.4, 0.5) is 11.4 Å². The number of esters is 1. The van der Waals surface area contributed by atoms with E-state index in [-0.39, 0.29) is 5.91 Å². The molecule has 0 aliphatic carbocycles. The van der Waals surface area contributed by atoms with E-state index in [0.29, 0.717) is 24.2 Å². The molecule has 1 aromatic carbocycles. The van der Waals surface area contributed by atoms with E-state index in [1.165, 1.54) is 7.11 Å². The molecule has 0 bridgehead atoms. The van der Waals surface area contributed by atoms with Crippen LogP contribution in [-0.2, 0) is 9.53 Å². The van der Waals surface area contributed by atoms with Crippen molar-refractivity contribution in [3.05, 3.63) is 23.3 Å². The molecule has 4 N–H and O–H groups in total. The molecule has 0 saturated carbocycles. The molecule has 6 heteroatoms. The molecule has 0 saturated heterocycles. The highest BCUT2D eigenvalue weighted by atomic mass is 16.5. The number of nitrogens with two attached hydrogens (primary N) is 1. The SMILES string of the molecule is CNC(=O)CCNc1cc(C)c(N)c(C(=O)OC)c1. The Balaban J connectivity index is 2.82. The summed E-state index contributed by atoms with van der Waals surface area (Å²) in [6, 6.07) is 3.45. The highest BCUT2D eigenvalue weighted by Crippen LogP contribution is 2.23. The molecule has 19 heavy (non-hydrogen) atoms. The molecule has 0 radical (unpaired) electrons. The van der Waals surface area contributed by atoms with Crippen molar-refractivity contribution in [2.24, 2.45) is 0 Å². The second kappa shape index (κ2) is 6.63. The lowest BCUT2D eigenvalue weighted by Gasteiger charge is -2.12. The number of aryl methyl sites for hydroxylation is 1. The zero-order valence-corrected chi connectivity index (χ0v) is 11.4. The summed E-state index contributed by atoms with van der Waals surface area (Å²) in [6.45, 7) is 2.29. The van der Waals surface area contributed by atoms with Gasteiger partial charge in [0.1, 0.15) is 0 Å². The zero-order valence-electron chi connectivity index (χ0n) is 11.4. The van der Waals surface area contributed by atoms with Crippen molar-refractivity contribution in [2.75, 3.05) is 31.8 Å². The van der Waals surface area contributed by atoms with Gasteiger partial charge in [0, 0.05) is 31.4 Å². The highest BCUT2D eigenvalue weighted by Gasteiger charge is 2.13. The van der Waals surface area contributed by atoms with E-state index in [4.69, 9.17) is 5.73 Å². The van der Waals surface area contributed by atoms with Crippen LogP contribution in [0.1, 0.15) is 22.3 Å². The molecule has 0 fully saturated rings. The Morgan fingerprint density at radius 1 is 1.37 bits per heavy atom. The Hall–Kier alpha value is -2.24. The second-order valence-electron chi connectivity index (χ2n) is 4.10. The molecular weight excluding hydrogens is 246 g/mol. The monoisotopic (exact) mass is 265 g/mol. The number of benzene rings is 1. The van der Waals surface area contributed by atoms with E-state index in [0.717, 1.165) is 11.3 Å². The van der Waals surface area contributed by atoms with Gasteiger partial charge in [-0.15, -0.1) is 0 Å². The van der Waals surface area contributed by atoms with Gasteiger partial charge in [0.25, 0.3) is 0 Å². The van der Waals surface area contributed by atoms with Gasteiger partial charge in [0.15, 0.2) is 0 Å². The van der Waals surface area contributed by atoms with E-state index in [9.17, 15) is 9.59 Å². The minimum Gasteiger partial charge on any atom is -0.465 e. The van der Waals surface area contributed by atoms with Crippen LogP contribution in [0.15, 0.2) is 12.1 Å². The summed E-state index contributed by atoms with van der Waals surface area (Å²) in [4.78, 5) is 22.7. The summed E-state index contributed by atoms with van der Waals surface area (Å²) in [5, 5.41) is 5.61. The summed E-state index contributed by atoms with van der Waals surface area (Å²) in [5.74, 6) is -0.525. The first-order chi connectivity index (χ1) is 8.99. The van der Waals surface area contributed by atoms with E-state index in [1.54, 1.807) is 13.1 Å². The third-order valence-electron chi connectivity index (χ3n) is 2.75. The Morgan fingerprint density at radius 3 is 2.63 bits per heavy atom. The highest BCUT2D eigenvalue weighted by molar-refractivity contribution is 5.97. The molecule has 1 aromatic rings. The molecule has 0 aliphatic rings. The molecule has 0 aliphatic heterocycles. The van der Waals surface area contributed by atoms with Gasteiger partial charge in [0.05, 0.1) is 12.7 Å². The van der Waals surface area contributed by atoms with Crippen LogP contribution < -0.4 is 16.4 Å². The molecule has 1 rings (SSSR count). The van der Waals surface area contributed by atoms with Gasteiger partial charge in [-0.05, 0) is 24.6 Å². The van der Waals surface area contributed by atoms with Crippen molar-refractivity contribution in [1.29, 1.82) is 0 Å². The predicted molar refractivity (Wildman–Crippen MR) is 74.1 cm³/mol. The quantitative estimate of drug-likeness (QED) is 0.543. The van der Waals surface area contributed by atoms with Gasteiger partial charge in [-0.3, -0.25) is 4.79 Å². The van der Waals surface area contributed by atoms with Crippen LogP contribution >= 0.6 is 0 Å². The standard InChI is InChI=1S/C13H19N3O3/c1-8-6-9(16-5-4-11(17)15-2)7-10(12(8)14)13(18)19-3/h6-7,16H,4-5,14H2,1-3H3,(H,15,17). The van der Waals surface area contributed by atoms with E-state index < -0.39 is 5.97 Å². The average Bonchev–Trinajstić information content (AvgIpc) is 2.41. The number of hydrogen-bond acceptors (Lipinski definition) is 5. The number of carbonyl (C=O) groups excluding carboxylic acids is 2. The van der Waals surface area contributed by atoms with Crippen LogP contribution in [0.5, 0.6) is 0 Å². The zero-order chi connectivity index (χ0) is 14.4. The number of carbonyl (C=O) groups is 2. The lowest BCUT2D eigenvalue weighted by molar-refractivity contribution is -0.120. The molecule has 0 heterocycles. The summed E-state index contributed by atoms with van der Waals surface area (Å²) < 4.78 is 4.68.